The molecular weight excluding hydrogens is 376 g/mol. The van der Waals surface area contributed by atoms with E-state index < -0.39 is 11.9 Å². The molecule has 0 aliphatic carbocycles. The van der Waals surface area contributed by atoms with E-state index >= 15 is 0 Å². The summed E-state index contributed by atoms with van der Waals surface area (Å²) in [5.41, 5.74) is 2.63. The van der Waals surface area contributed by atoms with E-state index in [9.17, 15) is 9.59 Å². The van der Waals surface area contributed by atoms with Crippen LogP contribution >= 0.6 is 0 Å². The van der Waals surface area contributed by atoms with Crippen molar-refractivity contribution in [2.75, 3.05) is 6.61 Å². The van der Waals surface area contributed by atoms with Crippen molar-refractivity contribution in [2.45, 2.75) is 72.1 Å². The molecule has 0 radical (unpaired) electrons. The van der Waals surface area contributed by atoms with Crippen LogP contribution in [0.4, 0.5) is 0 Å². The highest BCUT2D eigenvalue weighted by atomic mass is 16.5. The number of esters is 2. The van der Waals surface area contributed by atoms with Crippen molar-refractivity contribution in [3.05, 3.63) is 64.7 Å². The molecule has 2 rings (SSSR count). The average Bonchev–Trinajstić information content (AvgIpc) is 2.75. The molecule has 0 unspecified atom stereocenters. The first-order valence-electron chi connectivity index (χ1n) is 11.1. The lowest BCUT2D eigenvalue weighted by Crippen LogP contribution is -2.16. The van der Waals surface area contributed by atoms with Gasteiger partial charge >= 0.3 is 11.9 Å². The van der Waals surface area contributed by atoms with E-state index in [0.29, 0.717) is 12.4 Å². The molecule has 4 nitrogen and oxygen atoms in total. The Morgan fingerprint density at radius 3 is 1.97 bits per heavy atom. The van der Waals surface area contributed by atoms with E-state index in [1.807, 2.05) is 26.0 Å². The standard InChI is InChI=1S/C26H34O4/c1-4-5-6-7-8-9-10-13-18-29-25(27)23-14-11-12-15-24(23)26(28)30-22-17-16-20(2)21(3)19-22/h11-12,14-17,19H,4-10,13,18H2,1-3H3. The van der Waals surface area contributed by atoms with E-state index in [2.05, 4.69) is 6.92 Å². The van der Waals surface area contributed by atoms with Gasteiger partial charge in [-0.3, -0.25) is 0 Å². The lowest BCUT2D eigenvalue weighted by molar-refractivity contribution is 0.0489. The molecule has 0 aliphatic heterocycles. The largest absolute Gasteiger partial charge is 0.462 e. The van der Waals surface area contributed by atoms with Gasteiger partial charge in [-0.05, 0) is 55.7 Å². The number of carbonyl (C=O) groups excluding carboxylic acids is 2. The first-order valence-corrected chi connectivity index (χ1v) is 11.1. The minimum absolute atomic E-state index is 0.219. The Labute approximate surface area is 180 Å². The van der Waals surface area contributed by atoms with E-state index in [1.54, 1.807) is 30.3 Å². The predicted octanol–water partition coefficient (Wildman–Crippen LogP) is 6.82. The van der Waals surface area contributed by atoms with Gasteiger partial charge in [0.15, 0.2) is 0 Å². The van der Waals surface area contributed by atoms with Crippen LogP contribution in [0.2, 0.25) is 0 Å². The van der Waals surface area contributed by atoms with Crippen LogP contribution in [0.3, 0.4) is 0 Å². The first kappa shape index (κ1) is 23.7. The minimum Gasteiger partial charge on any atom is -0.462 e. The summed E-state index contributed by atoms with van der Waals surface area (Å²) in [6.45, 7) is 6.55. The number of aryl methyl sites for hydroxylation is 2. The highest BCUT2D eigenvalue weighted by Gasteiger charge is 2.19. The molecule has 0 bridgehead atoms. The van der Waals surface area contributed by atoms with E-state index in [-0.39, 0.29) is 11.1 Å². The molecule has 0 heterocycles. The van der Waals surface area contributed by atoms with Crippen LogP contribution in [-0.2, 0) is 4.74 Å². The fraction of sp³-hybridized carbons (Fsp3) is 0.462. The van der Waals surface area contributed by atoms with Crippen molar-refractivity contribution in [1.82, 2.24) is 0 Å². The summed E-state index contributed by atoms with van der Waals surface area (Å²) in [6, 6.07) is 12.1. The van der Waals surface area contributed by atoms with E-state index in [0.717, 1.165) is 24.0 Å². The van der Waals surface area contributed by atoms with Crippen LogP contribution in [-0.4, -0.2) is 18.5 Å². The van der Waals surface area contributed by atoms with Crippen molar-refractivity contribution < 1.29 is 19.1 Å². The fourth-order valence-corrected chi connectivity index (χ4v) is 3.26. The summed E-state index contributed by atoms with van der Waals surface area (Å²) in [5, 5.41) is 0. The average molecular weight is 411 g/mol. The third-order valence-corrected chi connectivity index (χ3v) is 5.29. The van der Waals surface area contributed by atoms with Crippen LogP contribution in [0.1, 0.15) is 90.1 Å². The van der Waals surface area contributed by atoms with Gasteiger partial charge in [0, 0.05) is 0 Å². The summed E-state index contributed by atoms with van der Waals surface area (Å²) < 4.78 is 10.9. The zero-order chi connectivity index (χ0) is 21.8. The van der Waals surface area contributed by atoms with Crippen LogP contribution in [0.25, 0.3) is 0 Å². The number of hydrogen-bond donors (Lipinski definition) is 0. The van der Waals surface area contributed by atoms with Crippen molar-refractivity contribution in [2.24, 2.45) is 0 Å². The number of carbonyl (C=O) groups is 2. The minimum atomic E-state index is -0.558. The summed E-state index contributed by atoms with van der Waals surface area (Å²) >= 11 is 0. The third-order valence-electron chi connectivity index (χ3n) is 5.29. The van der Waals surface area contributed by atoms with Crippen molar-refractivity contribution in [3.63, 3.8) is 0 Å². The molecule has 0 atom stereocenters. The molecule has 30 heavy (non-hydrogen) atoms. The van der Waals surface area contributed by atoms with Crippen molar-refractivity contribution >= 4 is 11.9 Å². The zero-order valence-electron chi connectivity index (χ0n) is 18.5. The van der Waals surface area contributed by atoms with Gasteiger partial charge in [0.1, 0.15) is 5.75 Å². The Morgan fingerprint density at radius 1 is 0.733 bits per heavy atom. The van der Waals surface area contributed by atoms with Gasteiger partial charge < -0.3 is 9.47 Å². The Hall–Kier alpha value is -2.62. The van der Waals surface area contributed by atoms with Gasteiger partial charge in [-0.15, -0.1) is 0 Å². The number of benzene rings is 2. The van der Waals surface area contributed by atoms with Crippen molar-refractivity contribution in [3.8, 4) is 5.75 Å². The van der Waals surface area contributed by atoms with Crippen LogP contribution in [0, 0.1) is 13.8 Å². The maximum Gasteiger partial charge on any atom is 0.344 e. The van der Waals surface area contributed by atoms with Gasteiger partial charge in [0.25, 0.3) is 0 Å². The second-order valence-corrected chi connectivity index (χ2v) is 7.79. The quantitative estimate of drug-likeness (QED) is 0.219. The van der Waals surface area contributed by atoms with Crippen LogP contribution in [0.15, 0.2) is 42.5 Å². The van der Waals surface area contributed by atoms with E-state index in [4.69, 9.17) is 9.47 Å². The summed E-state index contributed by atoms with van der Waals surface area (Å²) in [6.07, 6.45) is 9.45. The lowest BCUT2D eigenvalue weighted by Gasteiger charge is -2.10. The monoisotopic (exact) mass is 410 g/mol. The molecule has 0 spiro atoms. The topological polar surface area (TPSA) is 52.6 Å². The molecule has 0 aliphatic rings. The zero-order valence-corrected chi connectivity index (χ0v) is 18.5. The summed E-state index contributed by atoms with van der Waals surface area (Å²) in [4.78, 5) is 25.1. The van der Waals surface area contributed by atoms with Gasteiger partial charge in [-0.2, -0.15) is 0 Å². The highest BCUT2D eigenvalue weighted by Crippen LogP contribution is 2.19. The van der Waals surface area contributed by atoms with Gasteiger partial charge in [-0.1, -0.05) is 70.1 Å². The van der Waals surface area contributed by atoms with Crippen LogP contribution in [0.5, 0.6) is 5.75 Å². The smallest absolute Gasteiger partial charge is 0.344 e. The van der Waals surface area contributed by atoms with Gasteiger partial charge in [0.2, 0.25) is 0 Å². The molecule has 2 aromatic rings. The molecule has 2 aromatic carbocycles. The maximum absolute atomic E-state index is 12.6. The molecule has 0 saturated carbocycles. The number of ether oxygens (including phenoxy) is 2. The molecule has 0 saturated heterocycles. The Balaban J connectivity index is 1.84. The second-order valence-electron chi connectivity index (χ2n) is 7.79. The number of rotatable bonds is 12. The molecule has 162 valence electrons. The molecular formula is C26H34O4. The Bertz CT molecular complexity index is 826. The maximum atomic E-state index is 12.6. The number of unbranched alkanes of at least 4 members (excludes halogenated alkanes) is 7. The predicted molar refractivity (Wildman–Crippen MR) is 120 cm³/mol. The summed E-state index contributed by atoms with van der Waals surface area (Å²) in [7, 11) is 0. The van der Waals surface area contributed by atoms with E-state index in [1.165, 1.54) is 38.5 Å². The first-order chi connectivity index (χ1) is 14.5. The van der Waals surface area contributed by atoms with Crippen LogP contribution < -0.4 is 4.74 Å². The van der Waals surface area contributed by atoms with Gasteiger partial charge in [-0.25, -0.2) is 9.59 Å². The molecule has 0 N–H and O–H groups in total. The fourth-order valence-electron chi connectivity index (χ4n) is 3.26. The lowest BCUT2D eigenvalue weighted by atomic mass is 10.1. The summed E-state index contributed by atoms with van der Waals surface area (Å²) in [5.74, 6) is -0.575. The molecule has 0 amide bonds. The Kier molecular flexibility index (Phi) is 10.1. The molecule has 0 aromatic heterocycles. The third kappa shape index (κ3) is 7.66. The number of hydrogen-bond acceptors (Lipinski definition) is 4. The molecule has 0 fully saturated rings. The Morgan fingerprint density at radius 2 is 1.33 bits per heavy atom. The second kappa shape index (κ2) is 12.8. The van der Waals surface area contributed by atoms with Gasteiger partial charge in [0.05, 0.1) is 17.7 Å². The highest BCUT2D eigenvalue weighted by molar-refractivity contribution is 6.03. The van der Waals surface area contributed by atoms with Crippen molar-refractivity contribution in [1.29, 1.82) is 0 Å². The SMILES string of the molecule is CCCCCCCCCCOC(=O)c1ccccc1C(=O)Oc1ccc(C)c(C)c1. The normalized spacial score (nSPS) is 10.6. The molecule has 4 heteroatoms.